The van der Waals surface area contributed by atoms with Gasteiger partial charge in [-0.25, -0.2) is 9.55 Å². The van der Waals surface area contributed by atoms with Gasteiger partial charge >= 0.3 is 0 Å². The van der Waals surface area contributed by atoms with Crippen molar-refractivity contribution in [3.8, 4) is 34.3 Å². The van der Waals surface area contributed by atoms with Gasteiger partial charge in [-0.05, 0) is 60.7 Å². The zero-order chi connectivity index (χ0) is 21.5. The topological polar surface area (TPSA) is 60.7 Å². The first-order chi connectivity index (χ1) is 15.2. The molecule has 0 unspecified atom stereocenters. The Balaban J connectivity index is 1.34. The summed E-state index contributed by atoms with van der Waals surface area (Å²) in [4.78, 5) is 8.33. The average Bonchev–Trinajstić information content (AvgIpc) is 3.31. The molecule has 0 aliphatic rings. The van der Waals surface area contributed by atoms with Gasteiger partial charge in [0.05, 0.1) is 24.2 Å². The number of pyridine rings is 1. The Morgan fingerprint density at radius 3 is 2.35 bits per heavy atom. The first kappa shape index (κ1) is 20.5. The van der Waals surface area contributed by atoms with Crippen LogP contribution in [0.2, 0.25) is 0 Å². The van der Waals surface area contributed by atoms with Gasteiger partial charge in [0.15, 0.2) is 24.7 Å². The van der Waals surface area contributed by atoms with Gasteiger partial charge in [-0.15, -0.1) is 0 Å². The number of methoxy groups -OCH3 is 1. The van der Waals surface area contributed by atoms with E-state index in [1.165, 1.54) is 0 Å². The van der Waals surface area contributed by atoms with Crippen LogP contribution in [0.4, 0.5) is 5.69 Å². The van der Waals surface area contributed by atoms with Crippen molar-refractivity contribution in [2.24, 2.45) is 4.99 Å². The van der Waals surface area contributed by atoms with Crippen molar-refractivity contribution < 1.29 is 18.5 Å². The summed E-state index contributed by atoms with van der Waals surface area (Å²) in [7, 11) is 1.64. The van der Waals surface area contributed by atoms with Crippen LogP contribution in [0.15, 0.2) is 88.7 Å². The summed E-state index contributed by atoms with van der Waals surface area (Å²) in [6.07, 6.45) is 5.69. The molecule has 7 heteroatoms. The highest BCUT2D eigenvalue weighted by atomic mass is 32.1. The maximum absolute atomic E-state index is 5.93. The second-order valence-corrected chi connectivity index (χ2v) is 6.81. The molecule has 0 saturated heterocycles. The largest absolute Gasteiger partial charge is 0.497 e. The number of hydrogen-bond donors (Lipinski definition) is 0. The standard InChI is InChI=1S/C24H20N3O3S/c1-28-21-6-2-18(3-7-21)23-16-25-24(30-23)19-10-12-27(13-11-19)14-15-29-22-8-4-20(5-9-22)26-17-31/h2-13,16H,14-15H2,1H3/q+1. The van der Waals surface area contributed by atoms with Gasteiger partial charge in [-0.1, -0.05) is 0 Å². The molecule has 0 bridgehead atoms. The van der Waals surface area contributed by atoms with Gasteiger partial charge in [0.25, 0.3) is 0 Å². The van der Waals surface area contributed by atoms with Gasteiger partial charge < -0.3 is 13.9 Å². The van der Waals surface area contributed by atoms with E-state index in [0.29, 0.717) is 24.8 Å². The first-order valence-corrected chi connectivity index (χ1v) is 10.1. The van der Waals surface area contributed by atoms with Crippen LogP contribution >= 0.6 is 12.2 Å². The van der Waals surface area contributed by atoms with Gasteiger partial charge in [0.1, 0.15) is 18.1 Å². The molecule has 4 aromatic rings. The first-order valence-electron chi connectivity index (χ1n) is 9.65. The van der Waals surface area contributed by atoms with E-state index >= 15 is 0 Å². The fourth-order valence-electron chi connectivity index (χ4n) is 2.98. The average molecular weight is 431 g/mol. The van der Waals surface area contributed by atoms with Crippen LogP contribution in [0.1, 0.15) is 0 Å². The van der Waals surface area contributed by atoms with Gasteiger partial charge in [0.2, 0.25) is 5.89 Å². The van der Waals surface area contributed by atoms with Crippen LogP contribution in [-0.2, 0) is 6.54 Å². The number of nitrogens with zero attached hydrogens (tertiary/aromatic N) is 3. The summed E-state index contributed by atoms with van der Waals surface area (Å²) >= 11 is 4.60. The van der Waals surface area contributed by atoms with Crippen molar-refractivity contribution in [2.75, 3.05) is 13.7 Å². The van der Waals surface area contributed by atoms with Gasteiger partial charge in [-0.2, -0.15) is 4.99 Å². The normalized spacial score (nSPS) is 10.4. The van der Waals surface area contributed by atoms with Crippen molar-refractivity contribution in [1.29, 1.82) is 0 Å². The second kappa shape index (κ2) is 9.80. The highest BCUT2D eigenvalue weighted by molar-refractivity contribution is 7.78. The third-order valence-electron chi connectivity index (χ3n) is 4.65. The Hall–Kier alpha value is -3.80. The van der Waals surface area contributed by atoms with Crippen LogP contribution in [-0.4, -0.2) is 23.9 Å². The molecule has 2 heterocycles. The van der Waals surface area contributed by atoms with E-state index in [9.17, 15) is 0 Å². The molecule has 0 atom stereocenters. The molecule has 0 N–H and O–H groups in total. The van der Waals surface area contributed by atoms with Crippen LogP contribution in [0.3, 0.4) is 0 Å². The molecule has 31 heavy (non-hydrogen) atoms. The predicted octanol–water partition coefficient (Wildman–Crippen LogP) is 5.12. The van der Waals surface area contributed by atoms with E-state index < -0.39 is 0 Å². The summed E-state index contributed by atoms with van der Waals surface area (Å²) in [5.41, 5.74) is 2.62. The fourth-order valence-corrected chi connectivity index (χ4v) is 3.09. The smallest absolute Gasteiger partial charge is 0.227 e. The number of benzene rings is 2. The second-order valence-electron chi connectivity index (χ2n) is 6.63. The number of aliphatic imine (C=N–C) groups is 1. The lowest BCUT2D eigenvalue weighted by Crippen LogP contribution is -2.35. The van der Waals surface area contributed by atoms with Crippen molar-refractivity contribution >= 4 is 23.1 Å². The molecule has 0 fully saturated rings. The Labute approximate surface area is 185 Å². The van der Waals surface area contributed by atoms with Crippen LogP contribution in [0.25, 0.3) is 22.8 Å². The molecule has 0 amide bonds. The van der Waals surface area contributed by atoms with E-state index in [1.54, 1.807) is 13.3 Å². The molecule has 4 rings (SSSR count). The van der Waals surface area contributed by atoms with Crippen molar-refractivity contribution in [3.05, 3.63) is 79.3 Å². The quantitative estimate of drug-likeness (QED) is 0.221. The number of isothiocyanates is 1. The van der Waals surface area contributed by atoms with E-state index in [4.69, 9.17) is 13.9 Å². The zero-order valence-electron chi connectivity index (χ0n) is 16.9. The Morgan fingerprint density at radius 2 is 1.68 bits per heavy atom. The van der Waals surface area contributed by atoms with Crippen LogP contribution in [0.5, 0.6) is 11.5 Å². The highest BCUT2D eigenvalue weighted by Crippen LogP contribution is 2.27. The number of hydrogen-bond acceptors (Lipinski definition) is 6. The highest BCUT2D eigenvalue weighted by Gasteiger charge is 2.11. The van der Waals surface area contributed by atoms with Gasteiger partial charge in [0, 0.05) is 23.3 Å². The molecule has 0 saturated carbocycles. The molecule has 6 nitrogen and oxygen atoms in total. The molecule has 0 aliphatic heterocycles. The molecule has 0 spiro atoms. The Morgan fingerprint density at radius 1 is 0.968 bits per heavy atom. The maximum atomic E-state index is 5.93. The SMILES string of the molecule is COc1ccc(-c2cnc(-c3cc[n+](CCOc4ccc(N=C=S)cc4)cc3)o2)cc1. The number of ether oxygens (including phenoxy) is 2. The van der Waals surface area contributed by atoms with E-state index in [2.05, 4.69) is 27.4 Å². The fraction of sp³-hybridized carbons (Fsp3) is 0.125. The number of rotatable bonds is 8. The molecule has 154 valence electrons. The lowest BCUT2D eigenvalue weighted by molar-refractivity contribution is -0.697. The molecule has 2 aromatic carbocycles. The zero-order valence-corrected chi connectivity index (χ0v) is 17.7. The summed E-state index contributed by atoms with van der Waals surface area (Å²) in [6, 6.07) is 19.0. The third kappa shape index (κ3) is 5.22. The van der Waals surface area contributed by atoms with Crippen LogP contribution < -0.4 is 14.0 Å². The Kier molecular flexibility index (Phi) is 6.47. The summed E-state index contributed by atoms with van der Waals surface area (Å²) in [5.74, 6) is 2.88. The van der Waals surface area contributed by atoms with Crippen LogP contribution in [0, 0.1) is 0 Å². The third-order valence-corrected chi connectivity index (χ3v) is 4.74. The maximum Gasteiger partial charge on any atom is 0.227 e. The van der Waals surface area contributed by atoms with Crippen molar-refractivity contribution in [2.45, 2.75) is 6.54 Å². The lowest BCUT2D eigenvalue weighted by atomic mass is 10.2. The van der Waals surface area contributed by atoms with Crippen molar-refractivity contribution in [3.63, 3.8) is 0 Å². The lowest BCUT2D eigenvalue weighted by Gasteiger charge is -2.04. The predicted molar refractivity (Wildman–Crippen MR) is 121 cm³/mol. The minimum Gasteiger partial charge on any atom is -0.497 e. The minimum atomic E-state index is 0.542. The van der Waals surface area contributed by atoms with E-state index in [0.717, 1.165) is 28.3 Å². The van der Waals surface area contributed by atoms with Gasteiger partial charge in [-0.3, -0.25) is 0 Å². The number of thiocarbonyl (C=S) groups is 1. The summed E-state index contributed by atoms with van der Waals surface area (Å²) < 4.78 is 18.9. The summed E-state index contributed by atoms with van der Waals surface area (Å²) in [5, 5.41) is 2.35. The van der Waals surface area contributed by atoms with E-state index in [-0.39, 0.29) is 0 Å². The summed E-state index contributed by atoms with van der Waals surface area (Å²) in [6.45, 7) is 1.25. The molecule has 0 radical (unpaired) electrons. The van der Waals surface area contributed by atoms with E-state index in [1.807, 2.05) is 77.6 Å². The molecular weight excluding hydrogens is 410 g/mol. The van der Waals surface area contributed by atoms with Crippen molar-refractivity contribution in [1.82, 2.24) is 4.98 Å². The minimum absolute atomic E-state index is 0.542. The molecule has 2 aromatic heterocycles. The Bertz CT molecular complexity index is 1180. The monoisotopic (exact) mass is 430 g/mol. The molecular formula is C24H20N3O3S+. The number of aromatic nitrogens is 2. The molecule has 0 aliphatic carbocycles. The number of oxazole rings is 1.